The zero-order valence-corrected chi connectivity index (χ0v) is 36.0. The van der Waals surface area contributed by atoms with E-state index in [9.17, 15) is 24.0 Å². The van der Waals surface area contributed by atoms with E-state index in [-0.39, 0.29) is 29.3 Å². The van der Waals surface area contributed by atoms with Gasteiger partial charge in [-0.25, -0.2) is 0 Å². The van der Waals surface area contributed by atoms with Crippen molar-refractivity contribution in [1.82, 2.24) is 4.90 Å². The number of nitrogens with zero attached hydrogens (tertiary/aromatic N) is 1. The van der Waals surface area contributed by atoms with Gasteiger partial charge in [0.2, 0.25) is 0 Å². The van der Waals surface area contributed by atoms with Crippen LogP contribution in [0, 0.1) is 52.3 Å². The predicted octanol–water partition coefficient (Wildman–Crippen LogP) is 8.31. The number of benzene rings is 1. The van der Waals surface area contributed by atoms with E-state index in [1.807, 2.05) is 0 Å². The van der Waals surface area contributed by atoms with Crippen molar-refractivity contribution in [2.45, 2.75) is 169 Å². The van der Waals surface area contributed by atoms with Gasteiger partial charge in [0.15, 0.2) is 18.5 Å². The highest BCUT2D eigenvalue weighted by atomic mass is 16.7. The summed E-state index contributed by atoms with van der Waals surface area (Å²) in [6.45, 7) is 15.7. The summed E-state index contributed by atoms with van der Waals surface area (Å²) in [6, 6.07) is 5.23. The van der Waals surface area contributed by atoms with Gasteiger partial charge < -0.3 is 23.7 Å². The molecule has 5 fully saturated rings. The monoisotopic (exact) mass is 805 g/mol. The van der Waals surface area contributed by atoms with E-state index in [1.165, 1.54) is 72.1 Å². The number of esters is 3. The molecule has 4 saturated carbocycles. The summed E-state index contributed by atoms with van der Waals surface area (Å²) >= 11 is 0. The Morgan fingerprint density at radius 2 is 1.43 bits per heavy atom. The van der Waals surface area contributed by atoms with Crippen molar-refractivity contribution in [3.05, 3.63) is 35.4 Å². The summed E-state index contributed by atoms with van der Waals surface area (Å²) in [5, 5.41) is 0. The van der Waals surface area contributed by atoms with Crippen LogP contribution in [0.1, 0.15) is 153 Å². The number of fused-ring (bicyclic) bond motifs is 6. The molecule has 320 valence electrons. The van der Waals surface area contributed by atoms with Crippen LogP contribution in [0.5, 0.6) is 0 Å². The fourth-order valence-electron chi connectivity index (χ4n) is 13.3. The van der Waals surface area contributed by atoms with Crippen LogP contribution in [-0.4, -0.2) is 78.0 Å². The highest BCUT2D eigenvalue weighted by Crippen LogP contribution is 2.68. The van der Waals surface area contributed by atoms with Crippen LogP contribution in [0.4, 0.5) is 0 Å². The van der Waals surface area contributed by atoms with Gasteiger partial charge in [-0.3, -0.25) is 28.9 Å². The van der Waals surface area contributed by atoms with Gasteiger partial charge in [-0.1, -0.05) is 66.0 Å². The van der Waals surface area contributed by atoms with E-state index in [2.05, 4.69) is 34.6 Å². The molecule has 4 aliphatic carbocycles. The Kier molecular flexibility index (Phi) is 12.5. The molecule has 0 bridgehead atoms. The molecule has 0 aromatic heterocycles. The second-order valence-corrected chi connectivity index (χ2v) is 19.7. The lowest BCUT2D eigenvalue weighted by Crippen LogP contribution is -2.68. The number of hydrogen-bond donors (Lipinski definition) is 0. The van der Waals surface area contributed by atoms with Crippen molar-refractivity contribution >= 4 is 29.7 Å². The first kappa shape index (κ1) is 42.8. The Bertz CT molecular complexity index is 1690. The molecule has 14 atom stereocenters. The topological polar surface area (TPSA) is 135 Å². The maximum absolute atomic E-state index is 14.1. The summed E-state index contributed by atoms with van der Waals surface area (Å²) in [5.74, 6) is 1.82. The standard InChI is InChI=1S/C47H67NO10/c1-26(2)12-11-13-27(3)36-18-19-37-35-17-16-31-24-32(20-22-46(31,7)38(35)21-23-47(36,37)8)57-45-40(48-43(52)33-14-9-10-15-34(33)44(48)53)42(56-30(6)51)41(55-29(5)50)39(58-45)25-54-28(4)49/h9-10,14-15,26-27,31-32,35-42,45H,11-13,16-25H2,1-8H3/t27-,31+,32+,35+,36-,37+,38+,39-,40-,41-,42-,45-,46+,47-/m1/s1. The van der Waals surface area contributed by atoms with Crippen molar-refractivity contribution in [2.24, 2.45) is 52.3 Å². The molecular weight excluding hydrogens is 739 g/mol. The summed E-state index contributed by atoms with van der Waals surface area (Å²) in [7, 11) is 0. The minimum absolute atomic E-state index is 0.180. The number of carbonyl (C=O) groups excluding carboxylic acids is 5. The molecule has 2 aliphatic heterocycles. The van der Waals surface area contributed by atoms with E-state index in [4.69, 9.17) is 23.7 Å². The van der Waals surface area contributed by atoms with E-state index in [0.29, 0.717) is 17.3 Å². The fourth-order valence-corrected chi connectivity index (χ4v) is 13.3. The average Bonchev–Trinajstić information content (AvgIpc) is 3.64. The molecule has 0 radical (unpaired) electrons. The minimum Gasteiger partial charge on any atom is -0.463 e. The smallest absolute Gasteiger partial charge is 0.303 e. The van der Waals surface area contributed by atoms with Crippen LogP contribution in [0.25, 0.3) is 0 Å². The molecule has 0 N–H and O–H groups in total. The molecule has 6 aliphatic rings. The Morgan fingerprint density at radius 3 is 2.07 bits per heavy atom. The summed E-state index contributed by atoms with van der Waals surface area (Å²) in [5.41, 5.74) is 1.02. The number of amides is 2. The molecule has 0 unspecified atom stereocenters. The number of hydrogen-bond acceptors (Lipinski definition) is 10. The summed E-state index contributed by atoms with van der Waals surface area (Å²) < 4.78 is 30.4. The first-order valence-electron chi connectivity index (χ1n) is 22.3. The Hall–Kier alpha value is -3.31. The van der Waals surface area contributed by atoms with Gasteiger partial charge in [-0.15, -0.1) is 0 Å². The lowest BCUT2D eigenvalue weighted by Gasteiger charge is -2.61. The third-order valence-corrected chi connectivity index (χ3v) is 15.9. The molecule has 1 aromatic rings. The average molecular weight is 806 g/mol. The normalized spacial score (nSPS) is 38.6. The van der Waals surface area contributed by atoms with Crippen LogP contribution in [0.15, 0.2) is 24.3 Å². The highest BCUT2D eigenvalue weighted by Gasteiger charge is 2.62. The molecular formula is C47H67NO10. The van der Waals surface area contributed by atoms with Gasteiger partial charge in [0.25, 0.3) is 11.8 Å². The van der Waals surface area contributed by atoms with E-state index in [0.717, 1.165) is 60.2 Å². The Balaban J connectivity index is 1.12. The maximum Gasteiger partial charge on any atom is 0.303 e. The van der Waals surface area contributed by atoms with Crippen molar-refractivity contribution in [3.63, 3.8) is 0 Å². The van der Waals surface area contributed by atoms with E-state index >= 15 is 0 Å². The van der Waals surface area contributed by atoms with Gasteiger partial charge in [-0.2, -0.15) is 0 Å². The van der Waals surface area contributed by atoms with Crippen LogP contribution < -0.4 is 0 Å². The van der Waals surface area contributed by atoms with Crippen molar-refractivity contribution < 1.29 is 47.7 Å². The van der Waals surface area contributed by atoms with Gasteiger partial charge in [0.05, 0.1) is 17.2 Å². The molecule has 58 heavy (non-hydrogen) atoms. The SMILES string of the molecule is CC(=O)OC[C@H]1O[C@@H](O[C@H]2CC[C@@]3(C)[C@@H](CC[C@@H]4[C@@H]3CC[C@]3(C)[C@@H]([C@H](C)CCCC(C)C)CC[C@@H]43)C2)[C@H](N2C(=O)c3ccccc3C2=O)[C@@H](OC(C)=O)[C@@H]1OC(C)=O. The number of ether oxygens (including phenoxy) is 5. The van der Waals surface area contributed by atoms with Crippen LogP contribution in [0.3, 0.4) is 0 Å². The van der Waals surface area contributed by atoms with Gasteiger partial charge in [0.1, 0.15) is 18.8 Å². The van der Waals surface area contributed by atoms with Crippen molar-refractivity contribution in [3.8, 4) is 0 Å². The van der Waals surface area contributed by atoms with Gasteiger partial charge in [-0.05, 0) is 122 Å². The molecule has 11 heteroatoms. The molecule has 7 rings (SSSR count). The second kappa shape index (κ2) is 17.0. The lowest BCUT2D eigenvalue weighted by molar-refractivity contribution is -0.301. The number of rotatable bonds is 12. The Labute approximate surface area is 344 Å². The Morgan fingerprint density at radius 1 is 0.793 bits per heavy atom. The number of carbonyl (C=O) groups is 5. The molecule has 1 saturated heterocycles. The lowest BCUT2D eigenvalue weighted by atomic mass is 9.44. The van der Waals surface area contributed by atoms with Crippen LogP contribution >= 0.6 is 0 Å². The molecule has 1 aromatic carbocycles. The van der Waals surface area contributed by atoms with Gasteiger partial charge >= 0.3 is 17.9 Å². The van der Waals surface area contributed by atoms with E-state index < -0.39 is 60.4 Å². The van der Waals surface area contributed by atoms with Crippen molar-refractivity contribution in [2.75, 3.05) is 6.61 Å². The summed E-state index contributed by atoms with van der Waals surface area (Å²) in [4.78, 5) is 66.4. The predicted molar refractivity (Wildman–Crippen MR) is 215 cm³/mol. The first-order valence-corrected chi connectivity index (χ1v) is 22.3. The molecule has 0 spiro atoms. The molecule has 11 nitrogen and oxygen atoms in total. The number of imide groups is 1. The summed E-state index contributed by atoms with van der Waals surface area (Å²) in [6.07, 6.45) is 8.90. The third kappa shape index (κ3) is 8.00. The van der Waals surface area contributed by atoms with Crippen LogP contribution in [-0.2, 0) is 38.1 Å². The zero-order valence-electron chi connectivity index (χ0n) is 36.0. The van der Waals surface area contributed by atoms with E-state index in [1.54, 1.807) is 24.3 Å². The van der Waals surface area contributed by atoms with Crippen LogP contribution in [0.2, 0.25) is 0 Å². The zero-order chi connectivity index (χ0) is 41.7. The minimum atomic E-state index is -1.36. The first-order chi connectivity index (χ1) is 27.5. The highest BCUT2D eigenvalue weighted by molar-refractivity contribution is 6.21. The maximum atomic E-state index is 14.1. The molecule has 2 heterocycles. The molecule has 2 amide bonds. The largest absolute Gasteiger partial charge is 0.463 e. The fraction of sp³-hybridized carbons (Fsp3) is 0.766. The second-order valence-electron chi connectivity index (χ2n) is 19.7. The quantitative estimate of drug-likeness (QED) is 0.0879. The van der Waals surface area contributed by atoms with Gasteiger partial charge in [0, 0.05) is 20.8 Å². The third-order valence-electron chi connectivity index (χ3n) is 15.9. The van der Waals surface area contributed by atoms with Crippen molar-refractivity contribution in [1.29, 1.82) is 0 Å².